The van der Waals surface area contributed by atoms with Crippen molar-refractivity contribution in [2.75, 3.05) is 5.75 Å². The van der Waals surface area contributed by atoms with E-state index in [1.165, 1.54) is 0 Å². The number of thioether (sulfide) groups is 1. The molecular weight excluding hydrogens is 308 g/mol. The third-order valence-electron chi connectivity index (χ3n) is 4.14. The van der Waals surface area contributed by atoms with Crippen LogP contribution in [-0.2, 0) is 9.59 Å². The summed E-state index contributed by atoms with van der Waals surface area (Å²) >= 11 is 1.66. The van der Waals surface area contributed by atoms with E-state index in [9.17, 15) is 9.59 Å². The second-order valence-corrected chi connectivity index (χ2v) is 7.44. The molecule has 0 bridgehead atoms. The molecule has 1 aromatic rings. The number of amides is 2. The molecule has 1 saturated heterocycles. The van der Waals surface area contributed by atoms with E-state index in [2.05, 4.69) is 5.32 Å². The second-order valence-electron chi connectivity index (χ2n) is 6.33. The Morgan fingerprint density at radius 1 is 1.26 bits per heavy atom. The van der Waals surface area contributed by atoms with Crippen molar-refractivity contribution in [1.82, 2.24) is 10.2 Å². The Bertz CT molecular complexity index is 547. The van der Waals surface area contributed by atoms with Gasteiger partial charge in [-0.25, -0.2) is 0 Å². The van der Waals surface area contributed by atoms with Crippen LogP contribution in [0.4, 0.5) is 0 Å². The maximum atomic E-state index is 12.7. The molecule has 3 atom stereocenters. The van der Waals surface area contributed by atoms with Gasteiger partial charge < -0.3 is 10.2 Å². The molecule has 0 aliphatic carbocycles. The highest BCUT2D eigenvalue weighted by atomic mass is 32.2. The van der Waals surface area contributed by atoms with Gasteiger partial charge in [-0.3, -0.25) is 9.59 Å². The van der Waals surface area contributed by atoms with Crippen molar-refractivity contribution in [3.8, 4) is 0 Å². The summed E-state index contributed by atoms with van der Waals surface area (Å²) in [6, 6.07) is 9.68. The summed E-state index contributed by atoms with van der Waals surface area (Å²) in [4.78, 5) is 27.1. The zero-order valence-corrected chi connectivity index (χ0v) is 15.1. The van der Waals surface area contributed by atoms with Gasteiger partial charge in [0.25, 0.3) is 0 Å². The summed E-state index contributed by atoms with van der Waals surface area (Å²) in [7, 11) is 0. The summed E-state index contributed by atoms with van der Waals surface area (Å²) in [5.74, 6) is 0.506. The first-order valence-electron chi connectivity index (χ1n) is 8.24. The molecule has 1 aliphatic rings. The molecule has 2 amide bonds. The molecule has 0 spiro atoms. The van der Waals surface area contributed by atoms with Crippen molar-refractivity contribution in [2.45, 2.75) is 51.6 Å². The predicted molar refractivity (Wildman–Crippen MR) is 95.0 cm³/mol. The van der Waals surface area contributed by atoms with Gasteiger partial charge in [-0.2, -0.15) is 0 Å². The molecule has 2 rings (SSSR count). The smallest absolute Gasteiger partial charge is 0.243 e. The minimum absolute atomic E-state index is 0.0353. The van der Waals surface area contributed by atoms with E-state index in [0.717, 1.165) is 12.0 Å². The van der Waals surface area contributed by atoms with E-state index in [1.807, 2.05) is 58.0 Å². The second kappa shape index (κ2) is 7.86. The molecule has 23 heavy (non-hydrogen) atoms. The van der Waals surface area contributed by atoms with Crippen LogP contribution in [0.1, 0.15) is 45.1 Å². The zero-order chi connectivity index (χ0) is 17.0. The van der Waals surface area contributed by atoms with Gasteiger partial charge >= 0.3 is 0 Å². The average Bonchev–Trinajstić information content (AvgIpc) is 2.99. The first kappa shape index (κ1) is 17.9. The molecule has 1 aliphatic heterocycles. The maximum absolute atomic E-state index is 12.7. The summed E-state index contributed by atoms with van der Waals surface area (Å²) in [6.45, 7) is 7.80. The Morgan fingerprint density at radius 2 is 1.91 bits per heavy atom. The van der Waals surface area contributed by atoms with Crippen molar-refractivity contribution < 1.29 is 9.59 Å². The number of nitrogens with zero attached hydrogens (tertiary/aromatic N) is 1. The van der Waals surface area contributed by atoms with Gasteiger partial charge in [0.1, 0.15) is 11.4 Å². The molecule has 1 aromatic carbocycles. The maximum Gasteiger partial charge on any atom is 0.243 e. The lowest BCUT2D eigenvalue weighted by Gasteiger charge is -2.31. The topological polar surface area (TPSA) is 49.4 Å². The van der Waals surface area contributed by atoms with Crippen LogP contribution in [0, 0.1) is 5.92 Å². The highest BCUT2D eigenvalue weighted by molar-refractivity contribution is 7.99. The van der Waals surface area contributed by atoms with E-state index in [4.69, 9.17) is 0 Å². The highest BCUT2D eigenvalue weighted by Crippen LogP contribution is 2.42. The van der Waals surface area contributed by atoms with E-state index >= 15 is 0 Å². The van der Waals surface area contributed by atoms with Gasteiger partial charge in [0.05, 0.1) is 0 Å². The number of carbonyl (C=O) groups excluding carboxylic acids is 2. The van der Waals surface area contributed by atoms with Crippen LogP contribution < -0.4 is 5.32 Å². The molecule has 1 fully saturated rings. The number of nitrogens with one attached hydrogen (secondary N) is 1. The molecule has 126 valence electrons. The van der Waals surface area contributed by atoms with Gasteiger partial charge in [0.15, 0.2) is 0 Å². The van der Waals surface area contributed by atoms with Crippen molar-refractivity contribution in [3.05, 3.63) is 35.9 Å². The van der Waals surface area contributed by atoms with Crippen LogP contribution in [0.2, 0.25) is 0 Å². The van der Waals surface area contributed by atoms with Crippen LogP contribution in [0.25, 0.3) is 0 Å². The molecular formula is C18H26N2O2S. The monoisotopic (exact) mass is 334 g/mol. The summed E-state index contributed by atoms with van der Waals surface area (Å²) in [5.41, 5.74) is 1.07. The van der Waals surface area contributed by atoms with Crippen LogP contribution in [0.3, 0.4) is 0 Å². The van der Waals surface area contributed by atoms with Crippen molar-refractivity contribution in [3.63, 3.8) is 0 Å². The molecule has 5 heteroatoms. The van der Waals surface area contributed by atoms with Crippen LogP contribution >= 0.6 is 11.8 Å². The lowest BCUT2D eigenvalue weighted by molar-refractivity contribution is -0.142. The molecule has 1 N–H and O–H groups in total. The van der Waals surface area contributed by atoms with Crippen molar-refractivity contribution in [1.29, 1.82) is 0 Å². The molecule has 0 unspecified atom stereocenters. The predicted octanol–water partition coefficient (Wildman–Crippen LogP) is 3.20. The van der Waals surface area contributed by atoms with Crippen molar-refractivity contribution >= 4 is 23.6 Å². The summed E-state index contributed by atoms with van der Waals surface area (Å²) in [6.07, 6.45) is 0.881. The van der Waals surface area contributed by atoms with Crippen molar-refractivity contribution in [2.24, 2.45) is 5.92 Å². The quantitative estimate of drug-likeness (QED) is 0.899. The van der Waals surface area contributed by atoms with E-state index in [1.54, 1.807) is 16.7 Å². The lowest BCUT2D eigenvalue weighted by Crippen LogP contribution is -2.50. The number of hydrogen-bond acceptors (Lipinski definition) is 3. The van der Waals surface area contributed by atoms with Crippen LogP contribution in [0.5, 0.6) is 0 Å². The highest BCUT2D eigenvalue weighted by Gasteiger charge is 2.42. The molecule has 0 aromatic heterocycles. The Kier molecular flexibility index (Phi) is 6.10. The van der Waals surface area contributed by atoms with Crippen LogP contribution in [0.15, 0.2) is 30.3 Å². The Labute approximate surface area is 143 Å². The Hall–Kier alpha value is -1.49. The number of benzene rings is 1. The zero-order valence-electron chi connectivity index (χ0n) is 14.3. The molecule has 1 heterocycles. The first-order chi connectivity index (χ1) is 11.0. The minimum Gasteiger partial charge on any atom is -0.352 e. The van der Waals surface area contributed by atoms with Gasteiger partial charge in [-0.1, -0.05) is 51.1 Å². The normalized spacial score (nSPS) is 22.2. The number of hydrogen-bond donors (Lipinski definition) is 1. The summed E-state index contributed by atoms with van der Waals surface area (Å²) < 4.78 is 0. The minimum atomic E-state index is -0.394. The molecule has 4 nitrogen and oxygen atoms in total. The van der Waals surface area contributed by atoms with E-state index < -0.39 is 6.04 Å². The Morgan fingerprint density at radius 3 is 2.48 bits per heavy atom. The van der Waals surface area contributed by atoms with Gasteiger partial charge in [-0.05, 0) is 18.9 Å². The molecule has 0 saturated carbocycles. The number of carbonyl (C=O) groups is 2. The number of rotatable bonds is 5. The molecule has 0 radical (unpaired) electrons. The largest absolute Gasteiger partial charge is 0.352 e. The fourth-order valence-electron chi connectivity index (χ4n) is 2.59. The van der Waals surface area contributed by atoms with E-state index in [0.29, 0.717) is 5.75 Å². The van der Waals surface area contributed by atoms with Crippen LogP contribution in [-0.4, -0.2) is 34.6 Å². The van der Waals surface area contributed by atoms with Gasteiger partial charge in [0.2, 0.25) is 11.8 Å². The fourth-order valence-corrected chi connectivity index (χ4v) is 4.03. The van der Waals surface area contributed by atoms with Gasteiger partial charge in [0, 0.05) is 17.7 Å². The van der Waals surface area contributed by atoms with Gasteiger partial charge in [-0.15, -0.1) is 11.8 Å². The first-order valence-corrected chi connectivity index (χ1v) is 9.29. The third-order valence-corrected chi connectivity index (χ3v) is 5.46. The standard InChI is InChI=1S/C18H26N2O2S/c1-5-13(4)19-16(21)15-11-23-18(14-9-7-6-8-10-14)20(15)17(22)12(2)3/h6-10,12-13,15,18H,5,11H2,1-4H3,(H,19,21)/t13-,15+,18-/m1/s1. The summed E-state index contributed by atoms with van der Waals surface area (Å²) in [5, 5.41) is 2.94. The third kappa shape index (κ3) is 4.08. The average molecular weight is 334 g/mol. The lowest BCUT2D eigenvalue weighted by atomic mass is 10.1. The fraction of sp³-hybridized carbons (Fsp3) is 0.556. The SMILES string of the molecule is CC[C@@H](C)NC(=O)[C@@H]1CS[C@H](c2ccccc2)N1C(=O)C(C)C. The van der Waals surface area contributed by atoms with E-state index in [-0.39, 0.29) is 29.1 Å². The Balaban J connectivity index is 2.25.